The van der Waals surface area contributed by atoms with E-state index in [1.54, 1.807) is 20.8 Å². The molecule has 0 spiro atoms. The van der Waals surface area contributed by atoms with Crippen LogP contribution in [0.4, 0.5) is 23.7 Å². The summed E-state index contributed by atoms with van der Waals surface area (Å²) in [5.41, 5.74) is -0.229. The average molecular weight is 417 g/mol. The van der Waals surface area contributed by atoms with E-state index in [0.29, 0.717) is 24.8 Å². The number of nitrogens with zero attached hydrogens (tertiary/aromatic N) is 2. The van der Waals surface area contributed by atoms with Crippen LogP contribution in [0.25, 0.3) is 0 Å². The first-order valence-electron chi connectivity index (χ1n) is 9.73. The Labute approximate surface area is 169 Å². The van der Waals surface area contributed by atoms with Crippen LogP contribution in [0.3, 0.4) is 0 Å². The number of carbonyl (C=O) groups is 1. The number of amides is 1. The molecule has 0 aromatic heterocycles. The second-order valence-electron chi connectivity index (χ2n) is 8.10. The summed E-state index contributed by atoms with van der Waals surface area (Å²) in [4.78, 5) is 16.4. The highest BCUT2D eigenvalue weighted by Crippen LogP contribution is 2.26. The third kappa shape index (κ3) is 8.10. The molecule has 1 N–H and O–H groups in total. The molecule has 164 valence electrons. The van der Waals surface area contributed by atoms with Gasteiger partial charge < -0.3 is 19.7 Å². The Morgan fingerprint density at radius 3 is 2.45 bits per heavy atom. The number of ether oxygens (including phenoxy) is 2. The van der Waals surface area contributed by atoms with Crippen LogP contribution in [0.1, 0.15) is 33.6 Å². The van der Waals surface area contributed by atoms with Crippen LogP contribution >= 0.6 is 0 Å². The zero-order chi connectivity index (χ0) is 21.7. The highest BCUT2D eigenvalue weighted by molar-refractivity contribution is 5.88. The van der Waals surface area contributed by atoms with Crippen molar-refractivity contribution in [3.8, 4) is 5.75 Å². The van der Waals surface area contributed by atoms with E-state index in [4.69, 9.17) is 4.74 Å². The van der Waals surface area contributed by atoms with Crippen LogP contribution in [-0.2, 0) is 4.74 Å². The second-order valence-corrected chi connectivity index (χ2v) is 8.10. The van der Waals surface area contributed by atoms with Gasteiger partial charge in [-0.25, -0.2) is 4.79 Å². The molecule has 1 saturated heterocycles. The highest BCUT2D eigenvalue weighted by atomic mass is 19.4. The first-order valence-corrected chi connectivity index (χ1v) is 9.73. The van der Waals surface area contributed by atoms with E-state index >= 15 is 0 Å². The molecule has 1 aliphatic heterocycles. The minimum Gasteiger partial charge on any atom is -0.443 e. The van der Waals surface area contributed by atoms with E-state index in [2.05, 4.69) is 15.0 Å². The number of hydrogen-bond donors (Lipinski definition) is 1. The summed E-state index contributed by atoms with van der Waals surface area (Å²) in [5, 5.41) is 3.28. The minimum absolute atomic E-state index is 0.335. The van der Waals surface area contributed by atoms with Crippen LogP contribution in [0.15, 0.2) is 24.3 Å². The van der Waals surface area contributed by atoms with Gasteiger partial charge in [0.1, 0.15) is 11.4 Å². The third-order valence-electron chi connectivity index (χ3n) is 4.55. The molecular formula is C20H30F3N3O3. The Balaban J connectivity index is 2.11. The molecule has 0 saturated carbocycles. The van der Waals surface area contributed by atoms with Gasteiger partial charge in [-0.3, -0.25) is 4.90 Å². The van der Waals surface area contributed by atoms with Gasteiger partial charge >= 0.3 is 12.5 Å². The number of nitrogens with one attached hydrogen (secondary N) is 1. The predicted octanol–water partition coefficient (Wildman–Crippen LogP) is 4.01. The fourth-order valence-corrected chi connectivity index (χ4v) is 3.21. The molecule has 1 aromatic carbocycles. The van der Waals surface area contributed by atoms with Gasteiger partial charge in [0.25, 0.3) is 0 Å². The predicted molar refractivity (Wildman–Crippen MR) is 105 cm³/mol. The van der Waals surface area contributed by atoms with E-state index in [-0.39, 0.29) is 5.75 Å². The molecule has 9 heteroatoms. The first kappa shape index (κ1) is 23.3. The van der Waals surface area contributed by atoms with Crippen molar-refractivity contribution < 1.29 is 27.4 Å². The van der Waals surface area contributed by atoms with Crippen molar-refractivity contribution in [3.05, 3.63) is 24.3 Å². The number of halogens is 3. The van der Waals surface area contributed by atoms with Crippen LogP contribution in [0, 0.1) is 0 Å². The number of alkyl halides is 3. The van der Waals surface area contributed by atoms with Gasteiger partial charge in [0.15, 0.2) is 0 Å². The molecule has 1 aromatic rings. The Morgan fingerprint density at radius 2 is 1.90 bits per heavy atom. The van der Waals surface area contributed by atoms with Crippen molar-refractivity contribution in [2.75, 3.05) is 38.1 Å². The van der Waals surface area contributed by atoms with Crippen molar-refractivity contribution in [1.29, 1.82) is 0 Å². The lowest BCUT2D eigenvalue weighted by Gasteiger charge is -2.34. The van der Waals surface area contributed by atoms with E-state index in [9.17, 15) is 18.0 Å². The van der Waals surface area contributed by atoms with Gasteiger partial charge in [0.2, 0.25) is 0 Å². The molecule has 0 radical (unpaired) electrons. The SMILES string of the molecule is CN[C@@H]1CCCN(CCN(C(=O)OC(C)(C)C)c2ccc(OC(F)(F)F)cc2)C1. The largest absolute Gasteiger partial charge is 0.573 e. The Morgan fingerprint density at radius 1 is 1.24 bits per heavy atom. The maximum atomic E-state index is 12.7. The number of likely N-dealkylation sites (tertiary alicyclic amines) is 1. The monoisotopic (exact) mass is 417 g/mol. The van der Waals surface area contributed by atoms with E-state index in [0.717, 1.165) is 25.9 Å². The molecule has 29 heavy (non-hydrogen) atoms. The summed E-state index contributed by atoms with van der Waals surface area (Å²) in [7, 11) is 1.94. The molecule has 1 aliphatic rings. The molecular weight excluding hydrogens is 387 g/mol. The number of rotatable bonds is 6. The molecule has 1 heterocycles. The van der Waals surface area contributed by atoms with Gasteiger partial charge in [-0.15, -0.1) is 13.2 Å². The third-order valence-corrected chi connectivity index (χ3v) is 4.55. The Hall–Kier alpha value is -2.00. The molecule has 0 unspecified atom stereocenters. The molecule has 6 nitrogen and oxygen atoms in total. The lowest BCUT2D eigenvalue weighted by molar-refractivity contribution is -0.274. The van der Waals surface area contributed by atoms with E-state index in [1.807, 2.05) is 7.05 Å². The van der Waals surface area contributed by atoms with Gasteiger partial charge in [-0.1, -0.05) is 0 Å². The number of benzene rings is 1. The average Bonchev–Trinajstić information content (AvgIpc) is 2.60. The summed E-state index contributed by atoms with van der Waals surface area (Å²) in [6.07, 6.45) is -3.11. The molecule has 0 bridgehead atoms. The van der Waals surface area contributed by atoms with Crippen molar-refractivity contribution in [3.63, 3.8) is 0 Å². The molecule has 2 rings (SSSR count). The molecule has 0 aliphatic carbocycles. The number of carbonyl (C=O) groups excluding carboxylic acids is 1. The van der Waals surface area contributed by atoms with Crippen molar-refractivity contribution >= 4 is 11.8 Å². The lowest BCUT2D eigenvalue weighted by Crippen LogP contribution is -2.48. The summed E-state index contributed by atoms with van der Waals surface area (Å²) in [6.45, 7) is 8.14. The maximum absolute atomic E-state index is 12.7. The quantitative estimate of drug-likeness (QED) is 0.758. The van der Waals surface area contributed by atoms with Crippen molar-refractivity contribution in [2.45, 2.75) is 51.6 Å². The van der Waals surface area contributed by atoms with E-state index in [1.165, 1.54) is 29.2 Å². The zero-order valence-electron chi connectivity index (χ0n) is 17.4. The van der Waals surface area contributed by atoms with Crippen LogP contribution < -0.4 is 15.0 Å². The van der Waals surface area contributed by atoms with Crippen molar-refractivity contribution in [2.24, 2.45) is 0 Å². The number of hydrogen-bond acceptors (Lipinski definition) is 5. The van der Waals surface area contributed by atoms with Crippen LogP contribution in [0.5, 0.6) is 5.75 Å². The highest BCUT2D eigenvalue weighted by Gasteiger charge is 2.31. The fraction of sp³-hybridized carbons (Fsp3) is 0.650. The summed E-state index contributed by atoms with van der Waals surface area (Å²) in [6, 6.07) is 5.66. The molecule has 1 fully saturated rings. The van der Waals surface area contributed by atoms with Gasteiger partial charge in [-0.05, 0) is 71.5 Å². The van der Waals surface area contributed by atoms with Crippen LogP contribution in [-0.4, -0.2) is 62.2 Å². The molecule has 1 amide bonds. The Kier molecular flexibility index (Phi) is 7.76. The zero-order valence-corrected chi connectivity index (χ0v) is 17.4. The Bertz CT molecular complexity index is 660. The summed E-state index contributed by atoms with van der Waals surface area (Å²) in [5.74, 6) is -0.335. The van der Waals surface area contributed by atoms with E-state index < -0.39 is 18.1 Å². The van der Waals surface area contributed by atoms with Gasteiger partial charge in [-0.2, -0.15) is 0 Å². The molecule has 1 atom stereocenters. The maximum Gasteiger partial charge on any atom is 0.573 e. The number of piperidine rings is 1. The number of likely N-dealkylation sites (N-methyl/N-ethyl adjacent to an activating group) is 1. The van der Waals surface area contributed by atoms with Gasteiger partial charge in [0.05, 0.1) is 0 Å². The minimum atomic E-state index is -4.76. The normalized spacial score (nSPS) is 18.4. The second kappa shape index (κ2) is 9.67. The summed E-state index contributed by atoms with van der Waals surface area (Å²) < 4.78 is 46.6. The topological polar surface area (TPSA) is 54.0 Å². The van der Waals surface area contributed by atoms with Gasteiger partial charge in [0, 0.05) is 31.4 Å². The van der Waals surface area contributed by atoms with Crippen LogP contribution in [0.2, 0.25) is 0 Å². The van der Waals surface area contributed by atoms with Crippen molar-refractivity contribution in [1.82, 2.24) is 10.2 Å². The lowest BCUT2D eigenvalue weighted by atomic mass is 10.1. The fourth-order valence-electron chi connectivity index (χ4n) is 3.21. The summed E-state index contributed by atoms with van der Waals surface area (Å²) >= 11 is 0. The standard InChI is InChI=1S/C20H30F3N3O3/c1-19(2,3)29-18(27)26(13-12-25-11-5-6-15(14-25)24-4)16-7-9-17(10-8-16)28-20(21,22)23/h7-10,15,24H,5-6,11-14H2,1-4H3/t15-/m1/s1. The number of anilines is 1. The smallest absolute Gasteiger partial charge is 0.443 e. The first-order chi connectivity index (χ1) is 13.5.